The monoisotopic (exact) mass is 254 g/mol. The summed E-state index contributed by atoms with van der Waals surface area (Å²) in [6.45, 7) is 0. The second kappa shape index (κ2) is 4.89. The van der Waals surface area contributed by atoms with Crippen LogP contribution in [-0.4, -0.2) is 17.7 Å². The van der Waals surface area contributed by atoms with E-state index in [-0.39, 0.29) is 0 Å². The van der Waals surface area contributed by atoms with Crippen LogP contribution < -0.4 is 8.97 Å². The molecule has 0 aliphatic rings. The Morgan fingerprint density at radius 3 is 1.80 bits per heavy atom. The van der Waals surface area contributed by atoms with Gasteiger partial charge >= 0.3 is 107 Å². The summed E-state index contributed by atoms with van der Waals surface area (Å²) in [5, 5.41) is 0. The maximum atomic E-state index is 5.67. The van der Waals surface area contributed by atoms with Crippen LogP contribution in [0.3, 0.4) is 0 Å². The van der Waals surface area contributed by atoms with Crippen molar-refractivity contribution in [3.8, 4) is 11.5 Å². The van der Waals surface area contributed by atoms with Crippen molar-refractivity contribution >= 4 is 37.9 Å². The summed E-state index contributed by atoms with van der Waals surface area (Å²) in [7, 11) is 0. The molecule has 15 heavy (non-hydrogen) atoms. The molecule has 0 aliphatic heterocycles. The summed E-state index contributed by atoms with van der Waals surface area (Å²) in [4.78, 5) is 0. The van der Waals surface area contributed by atoms with E-state index in [0.29, 0.717) is 0 Å². The molecule has 0 saturated heterocycles. The van der Waals surface area contributed by atoms with Gasteiger partial charge in [-0.3, -0.25) is 0 Å². The minimum atomic E-state index is 0.849. The molecule has 2 rings (SSSR count). The standard InChI is InChI=1S/C12H8BrO.Li/c13-10-6-8-12(9-7-10)14-11-4-2-1-3-5-11;/h2-9H;. The van der Waals surface area contributed by atoms with Gasteiger partial charge in [-0.2, -0.15) is 0 Å². The molecular weight excluding hydrogens is 247 g/mol. The van der Waals surface area contributed by atoms with E-state index in [9.17, 15) is 0 Å². The fraction of sp³-hybridized carbons (Fsp3) is 0. The Morgan fingerprint density at radius 1 is 0.800 bits per heavy atom. The van der Waals surface area contributed by atoms with Crippen LogP contribution in [0.25, 0.3) is 0 Å². The number of benzene rings is 2. The summed E-state index contributed by atoms with van der Waals surface area (Å²) >= 11 is 5.44. The van der Waals surface area contributed by atoms with E-state index >= 15 is 0 Å². The quantitative estimate of drug-likeness (QED) is 0.749. The van der Waals surface area contributed by atoms with Crippen LogP contribution in [0.15, 0.2) is 53.0 Å². The molecule has 0 radical (unpaired) electrons. The third-order valence-electron chi connectivity index (χ3n) is 2.07. The number of halogens is 1. The third kappa shape index (κ3) is 3.14. The SMILES string of the molecule is [Li][c]1ccc(Oc2ccc(Br)cc2)cc1. The van der Waals surface area contributed by atoms with Crippen molar-refractivity contribution in [1.29, 1.82) is 0 Å². The van der Waals surface area contributed by atoms with E-state index in [2.05, 4.69) is 33.6 Å². The molecule has 0 heterocycles. The number of hydrogen-bond acceptors (Lipinski definition) is 1. The summed E-state index contributed by atoms with van der Waals surface area (Å²) in [5.74, 6) is 1.71. The summed E-state index contributed by atoms with van der Waals surface area (Å²) in [6, 6.07) is 15.8. The Labute approximate surface area is 107 Å². The molecule has 0 saturated carbocycles. The first-order valence-electron chi connectivity index (χ1n) is 4.74. The Kier molecular flexibility index (Phi) is 3.53. The minimum absolute atomic E-state index is 0.849. The second-order valence-electron chi connectivity index (χ2n) is 3.37. The normalized spacial score (nSPS) is 10.1. The van der Waals surface area contributed by atoms with Gasteiger partial charge in [-0.1, -0.05) is 0 Å². The van der Waals surface area contributed by atoms with Gasteiger partial charge in [0.2, 0.25) is 0 Å². The Balaban J connectivity index is 2.15. The van der Waals surface area contributed by atoms with Crippen LogP contribution in [0.2, 0.25) is 0 Å². The van der Waals surface area contributed by atoms with E-state index in [4.69, 9.17) is 4.74 Å². The molecule has 0 aliphatic carbocycles. The van der Waals surface area contributed by atoms with Gasteiger partial charge in [0.25, 0.3) is 0 Å². The van der Waals surface area contributed by atoms with E-state index < -0.39 is 0 Å². The molecule has 0 N–H and O–H groups in total. The Hall–Kier alpha value is -0.683. The molecule has 0 unspecified atom stereocenters. The van der Waals surface area contributed by atoms with Crippen LogP contribution >= 0.6 is 15.9 Å². The molecule has 2 aromatic carbocycles. The first kappa shape index (κ1) is 10.8. The predicted molar refractivity (Wildman–Crippen MR) is 66.0 cm³/mol. The Bertz CT molecular complexity index is 393. The topological polar surface area (TPSA) is 9.23 Å². The molecule has 0 bridgehead atoms. The van der Waals surface area contributed by atoms with Crippen molar-refractivity contribution < 1.29 is 4.74 Å². The van der Waals surface area contributed by atoms with Gasteiger partial charge in [0.1, 0.15) is 0 Å². The van der Waals surface area contributed by atoms with Crippen LogP contribution in [-0.2, 0) is 0 Å². The first-order chi connectivity index (χ1) is 7.24. The number of hydrogen-bond donors (Lipinski definition) is 0. The third-order valence-corrected chi connectivity index (χ3v) is 2.60. The van der Waals surface area contributed by atoms with E-state index in [1.165, 1.54) is 4.24 Å². The van der Waals surface area contributed by atoms with E-state index in [1.807, 2.05) is 48.5 Å². The van der Waals surface area contributed by atoms with Gasteiger partial charge in [0.05, 0.1) is 0 Å². The fourth-order valence-electron chi connectivity index (χ4n) is 1.25. The van der Waals surface area contributed by atoms with Crippen molar-refractivity contribution in [3.63, 3.8) is 0 Å². The van der Waals surface area contributed by atoms with Crippen LogP contribution in [0.1, 0.15) is 0 Å². The molecular formula is C12H8BrLiO. The second-order valence-corrected chi connectivity index (χ2v) is 4.28. The van der Waals surface area contributed by atoms with Gasteiger partial charge in [0.15, 0.2) is 0 Å². The molecule has 0 atom stereocenters. The molecule has 2 aromatic rings. The zero-order chi connectivity index (χ0) is 10.7. The van der Waals surface area contributed by atoms with Gasteiger partial charge in [-0.15, -0.1) is 0 Å². The van der Waals surface area contributed by atoms with Crippen molar-refractivity contribution in [3.05, 3.63) is 53.0 Å². The molecule has 0 amide bonds. The van der Waals surface area contributed by atoms with Crippen LogP contribution in [0.5, 0.6) is 11.5 Å². The Morgan fingerprint density at radius 2 is 1.27 bits per heavy atom. The van der Waals surface area contributed by atoms with Crippen LogP contribution in [0, 0.1) is 0 Å². The summed E-state index contributed by atoms with van der Waals surface area (Å²) in [5.41, 5.74) is 0. The summed E-state index contributed by atoms with van der Waals surface area (Å²) in [6.07, 6.45) is 0. The number of ether oxygens (including phenoxy) is 1. The molecule has 3 heteroatoms. The van der Waals surface area contributed by atoms with Gasteiger partial charge in [0, 0.05) is 0 Å². The van der Waals surface area contributed by atoms with E-state index in [1.54, 1.807) is 0 Å². The van der Waals surface area contributed by atoms with Crippen molar-refractivity contribution in [2.45, 2.75) is 0 Å². The molecule has 0 aromatic heterocycles. The zero-order valence-corrected chi connectivity index (χ0v) is 9.99. The average Bonchev–Trinajstić information content (AvgIpc) is 2.25. The van der Waals surface area contributed by atoms with E-state index in [0.717, 1.165) is 16.0 Å². The molecule has 70 valence electrons. The predicted octanol–water partition coefficient (Wildman–Crippen LogP) is 3.04. The molecule has 0 spiro atoms. The average molecular weight is 255 g/mol. The van der Waals surface area contributed by atoms with Gasteiger partial charge in [-0.25, -0.2) is 0 Å². The van der Waals surface area contributed by atoms with Crippen molar-refractivity contribution in [2.75, 3.05) is 0 Å². The van der Waals surface area contributed by atoms with Crippen molar-refractivity contribution in [2.24, 2.45) is 0 Å². The summed E-state index contributed by atoms with van der Waals surface area (Å²) < 4.78 is 7.96. The van der Waals surface area contributed by atoms with Gasteiger partial charge in [-0.05, 0) is 0 Å². The van der Waals surface area contributed by atoms with Crippen molar-refractivity contribution in [1.82, 2.24) is 0 Å². The van der Waals surface area contributed by atoms with Gasteiger partial charge < -0.3 is 0 Å². The molecule has 1 nitrogen and oxygen atoms in total. The maximum absolute atomic E-state index is 5.67. The fourth-order valence-corrected chi connectivity index (χ4v) is 1.51. The first-order valence-corrected chi connectivity index (χ1v) is 5.53. The zero-order valence-electron chi connectivity index (χ0n) is 8.41. The van der Waals surface area contributed by atoms with Crippen LogP contribution in [0.4, 0.5) is 0 Å². The number of rotatable bonds is 2. The molecule has 0 fully saturated rings.